The maximum Gasteiger partial charge on any atom is 0.140 e. The molecule has 0 aliphatic heterocycles. The third-order valence-electron chi connectivity index (χ3n) is 5.66. The van der Waals surface area contributed by atoms with Crippen molar-refractivity contribution in [3.63, 3.8) is 0 Å². The van der Waals surface area contributed by atoms with Crippen LogP contribution in [-0.4, -0.2) is 11.6 Å². The van der Waals surface area contributed by atoms with E-state index in [1.807, 2.05) is 0 Å². The lowest BCUT2D eigenvalue weighted by molar-refractivity contribution is -0.125. The number of rotatable bonds is 23. The number of hydrogen-bond donors (Lipinski definition) is 0. The molecule has 0 N–H and O–H groups in total. The van der Waals surface area contributed by atoms with Gasteiger partial charge in [-0.2, -0.15) is 0 Å². The molecular formula is C27H50O2. The molecule has 0 aromatic heterocycles. The zero-order chi connectivity index (χ0) is 21.4. The minimum Gasteiger partial charge on any atom is -0.300 e. The van der Waals surface area contributed by atoms with Gasteiger partial charge in [0.15, 0.2) is 0 Å². The normalized spacial score (nSPS) is 11.4. The molecule has 2 heteroatoms. The summed E-state index contributed by atoms with van der Waals surface area (Å²) in [5.74, 6) is 0.112. The molecule has 0 fully saturated rings. The Balaban J connectivity index is 3.14. The summed E-state index contributed by atoms with van der Waals surface area (Å²) < 4.78 is 0. The highest BCUT2D eigenvalue weighted by Gasteiger charge is 2.04. The van der Waals surface area contributed by atoms with Crippen LogP contribution in [0.1, 0.15) is 149 Å². The first-order valence-corrected chi connectivity index (χ1v) is 12.8. The second-order valence-electron chi connectivity index (χ2n) is 8.87. The van der Waals surface area contributed by atoms with E-state index >= 15 is 0 Å². The van der Waals surface area contributed by atoms with Crippen molar-refractivity contribution in [2.45, 2.75) is 149 Å². The van der Waals surface area contributed by atoms with Gasteiger partial charge in [-0.15, -0.1) is 0 Å². The van der Waals surface area contributed by atoms with E-state index in [2.05, 4.69) is 19.1 Å². The van der Waals surface area contributed by atoms with Gasteiger partial charge >= 0.3 is 0 Å². The summed E-state index contributed by atoms with van der Waals surface area (Å²) >= 11 is 0. The quantitative estimate of drug-likeness (QED) is 0.0964. The van der Waals surface area contributed by atoms with Crippen molar-refractivity contribution < 1.29 is 9.59 Å². The molecule has 0 rings (SSSR count). The van der Waals surface area contributed by atoms with Crippen molar-refractivity contribution in [3.05, 3.63) is 12.2 Å². The number of unbranched alkanes of at least 4 members (excludes halogenated alkanes) is 17. The molecule has 0 aromatic carbocycles. The average Bonchev–Trinajstić information content (AvgIpc) is 2.68. The Hall–Kier alpha value is -0.920. The van der Waals surface area contributed by atoms with Crippen molar-refractivity contribution in [3.8, 4) is 0 Å². The molecule has 0 radical (unpaired) electrons. The molecule has 0 bridgehead atoms. The van der Waals surface area contributed by atoms with Gasteiger partial charge in [-0.05, 0) is 39.0 Å². The van der Waals surface area contributed by atoms with Crippen molar-refractivity contribution in [1.82, 2.24) is 0 Å². The fraction of sp³-hybridized carbons (Fsp3) is 0.852. The molecule has 0 atom stereocenters. The molecule has 0 saturated heterocycles. The molecule has 29 heavy (non-hydrogen) atoms. The highest BCUT2D eigenvalue weighted by Crippen LogP contribution is 2.13. The van der Waals surface area contributed by atoms with Crippen LogP contribution < -0.4 is 0 Å². The third-order valence-corrected chi connectivity index (χ3v) is 5.66. The molecule has 0 saturated carbocycles. The summed E-state index contributed by atoms with van der Waals surface area (Å²) in [6, 6.07) is 0. The fourth-order valence-electron chi connectivity index (χ4n) is 3.82. The highest BCUT2D eigenvalue weighted by atomic mass is 16.1. The van der Waals surface area contributed by atoms with E-state index < -0.39 is 0 Å². The lowest BCUT2D eigenvalue weighted by atomic mass is 10.0. The number of carbonyl (C=O) groups excluding carboxylic acids is 2. The first-order valence-electron chi connectivity index (χ1n) is 12.8. The summed E-state index contributed by atoms with van der Waals surface area (Å²) in [5.41, 5.74) is 0. The van der Waals surface area contributed by atoms with Crippen LogP contribution in [0.4, 0.5) is 0 Å². The van der Waals surface area contributed by atoms with Gasteiger partial charge in [-0.25, -0.2) is 0 Å². The van der Waals surface area contributed by atoms with Crippen LogP contribution in [0, 0.1) is 0 Å². The maximum absolute atomic E-state index is 11.4. The average molecular weight is 407 g/mol. The van der Waals surface area contributed by atoms with E-state index in [0.717, 1.165) is 12.8 Å². The van der Waals surface area contributed by atoms with Gasteiger partial charge in [0.1, 0.15) is 11.6 Å². The SMILES string of the molecule is CCCCCCCC/C=C/CCCCCCCCCCCCCC(=O)CC(C)=O. The van der Waals surface area contributed by atoms with E-state index in [1.165, 1.54) is 116 Å². The molecule has 0 heterocycles. The Bertz CT molecular complexity index is 397. The van der Waals surface area contributed by atoms with Crippen LogP contribution in [0.25, 0.3) is 0 Å². The van der Waals surface area contributed by atoms with Gasteiger partial charge < -0.3 is 0 Å². The Morgan fingerprint density at radius 1 is 0.552 bits per heavy atom. The van der Waals surface area contributed by atoms with Crippen molar-refractivity contribution in [1.29, 1.82) is 0 Å². The third kappa shape index (κ3) is 25.0. The predicted octanol–water partition coefficient (Wildman–Crippen LogP) is 8.91. The minimum atomic E-state index is -0.00466. The van der Waals surface area contributed by atoms with E-state index in [1.54, 1.807) is 0 Å². The zero-order valence-electron chi connectivity index (χ0n) is 19.8. The van der Waals surface area contributed by atoms with Gasteiger partial charge in [-0.3, -0.25) is 9.59 Å². The molecular weight excluding hydrogens is 356 g/mol. The lowest BCUT2D eigenvalue weighted by Gasteiger charge is -2.03. The fourth-order valence-corrected chi connectivity index (χ4v) is 3.82. The van der Waals surface area contributed by atoms with Gasteiger partial charge in [-0.1, -0.05) is 109 Å². The van der Waals surface area contributed by atoms with E-state index in [-0.39, 0.29) is 18.0 Å². The van der Waals surface area contributed by atoms with Crippen LogP contribution in [0.3, 0.4) is 0 Å². The summed E-state index contributed by atoms with van der Waals surface area (Å²) in [6.45, 7) is 3.77. The van der Waals surface area contributed by atoms with Gasteiger partial charge in [0.2, 0.25) is 0 Å². The van der Waals surface area contributed by atoms with Crippen molar-refractivity contribution in [2.75, 3.05) is 0 Å². The van der Waals surface area contributed by atoms with E-state index in [4.69, 9.17) is 0 Å². The Labute approximate surface area is 182 Å². The second kappa shape index (κ2) is 23.4. The summed E-state index contributed by atoms with van der Waals surface area (Å²) in [6.07, 6.45) is 30.7. The number of hydrogen-bond acceptors (Lipinski definition) is 2. The first-order chi connectivity index (χ1) is 14.2. The Morgan fingerprint density at radius 2 is 0.931 bits per heavy atom. The number of carbonyl (C=O) groups is 2. The molecule has 0 spiro atoms. The molecule has 0 amide bonds. The van der Waals surface area contributed by atoms with Gasteiger partial charge in [0, 0.05) is 6.42 Å². The number of allylic oxidation sites excluding steroid dienone is 2. The van der Waals surface area contributed by atoms with Crippen molar-refractivity contribution in [2.24, 2.45) is 0 Å². The molecule has 170 valence electrons. The smallest absolute Gasteiger partial charge is 0.140 e. The maximum atomic E-state index is 11.4. The minimum absolute atomic E-state index is 0.00466. The Kier molecular flexibility index (Phi) is 22.6. The molecule has 0 aromatic rings. The zero-order valence-corrected chi connectivity index (χ0v) is 19.8. The monoisotopic (exact) mass is 406 g/mol. The van der Waals surface area contributed by atoms with Crippen LogP contribution in [-0.2, 0) is 9.59 Å². The Morgan fingerprint density at radius 3 is 1.34 bits per heavy atom. The van der Waals surface area contributed by atoms with Crippen molar-refractivity contribution >= 4 is 11.6 Å². The summed E-state index contributed by atoms with van der Waals surface area (Å²) in [4.78, 5) is 22.3. The highest BCUT2D eigenvalue weighted by molar-refractivity contribution is 5.97. The molecule has 0 aliphatic rings. The first kappa shape index (κ1) is 28.1. The topological polar surface area (TPSA) is 34.1 Å². The number of Topliss-reactive ketones (excluding diaryl/α,β-unsaturated/α-hetero) is 2. The van der Waals surface area contributed by atoms with E-state index in [0.29, 0.717) is 6.42 Å². The van der Waals surface area contributed by atoms with Crippen LogP contribution in [0.2, 0.25) is 0 Å². The van der Waals surface area contributed by atoms with Crippen LogP contribution in [0.5, 0.6) is 0 Å². The molecule has 2 nitrogen and oxygen atoms in total. The second-order valence-corrected chi connectivity index (χ2v) is 8.87. The number of ketones is 2. The van der Waals surface area contributed by atoms with Crippen LogP contribution >= 0.6 is 0 Å². The van der Waals surface area contributed by atoms with Gasteiger partial charge in [0.05, 0.1) is 6.42 Å². The standard InChI is InChI=1S/C27H50O2/c1-3-4-5-6-7-8-9-10-11-12-13-14-15-16-17-18-19-20-21-22-23-24-27(29)25-26(2)28/h10-11H,3-9,12-25H2,1-2H3/b11-10+. The van der Waals surface area contributed by atoms with E-state index in [9.17, 15) is 9.59 Å². The predicted molar refractivity (Wildman–Crippen MR) is 127 cm³/mol. The molecule has 0 unspecified atom stereocenters. The lowest BCUT2D eigenvalue weighted by Crippen LogP contribution is -2.03. The largest absolute Gasteiger partial charge is 0.300 e. The van der Waals surface area contributed by atoms with Gasteiger partial charge in [0.25, 0.3) is 0 Å². The summed E-state index contributed by atoms with van der Waals surface area (Å²) in [5, 5.41) is 0. The summed E-state index contributed by atoms with van der Waals surface area (Å²) in [7, 11) is 0. The molecule has 0 aliphatic carbocycles. The van der Waals surface area contributed by atoms with Crippen LogP contribution in [0.15, 0.2) is 12.2 Å².